The van der Waals surface area contributed by atoms with Gasteiger partial charge in [0.15, 0.2) is 10.4 Å². The summed E-state index contributed by atoms with van der Waals surface area (Å²) in [5, 5.41) is 16.1. The Balaban J connectivity index is 1.98. The van der Waals surface area contributed by atoms with Gasteiger partial charge < -0.3 is 13.9 Å². The molecule has 0 amide bonds. The number of hydrogen-bond acceptors (Lipinski definition) is 5. The van der Waals surface area contributed by atoms with Crippen LogP contribution in [0.3, 0.4) is 0 Å². The van der Waals surface area contributed by atoms with Crippen LogP contribution in [-0.2, 0) is 11.2 Å². The number of aromatic nitrogens is 2. The first-order valence-corrected chi connectivity index (χ1v) is 5.74. The van der Waals surface area contributed by atoms with Gasteiger partial charge in [0.25, 0.3) is 5.89 Å². The number of carbonyl (C=O) groups is 1. The highest BCUT2D eigenvalue weighted by molar-refractivity contribution is 9.10. The monoisotopic (exact) mass is 300 g/mol. The fourth-order valence-electron chi connectivity index (χ4n) is 1.27. The maximum atomic E-state index is 10.3. The van der Waals surface area contributed by atoms with Crippen molar-refractivity contribution in [2.45, 2.75) is 19.3 Å². The van der Waals surface area contributed by atoms with E-state index in [1.807, 2.05) is 0 Å². The first-order chi connectivity index (χ1) is 8.15. The third-order valence-electron chi connectivity index (χ3n) is 2.03. The van der Waals surface area contributed by atoms with Crippen molar-refractivity contribution in [3.63, 3.8) is 0 Å². The molecule has 2 heterocycles. The van der Waals surface area contributed by atoms with Gasteiger partial charge in [0, 0.05) is 12.8 Å². The van der Waals surface area contributed by atoms with Gasteiger partial charge in [-0.1, -0.05) is 0 Å². The van der Waals surface area contributed by atoms with Gasteiger partial charge >= 0.3 is 5.97 Å². The van der Waals surface area contributed by atoms with Gasteiger partial charge in [-0.05, 0) is 34.5 Å². The molecule has 17 heavy (non-hydrogen) atoms. The number of halogens is 1. The van der Waals surface area contributed by atoms with Crippen molar-refractivity contribution >= 4 is 21.9 Å². The van der Waals surface area contributed by atoms with Crippen LogP contribution in [-0.4, -0.2) is 21.3 Å². The summed E-state index contributed by atoms with van der Waals surface area (Å²) in [6.45, 7) is 0. The van der Waals surface area contributed by atoms with Crippen LogP contribution in [0.15, 0.2) is 25.6 Å². The number of nitrogens with zero attached hydrogens (tertiary/aromatic N) is 2. The zero-order valence-corrected chi connectivity index (χ0v) is 10.3. The standard InChI is InChI=1S/C10H9BrN2O4/c11-7-5-4-6(16-7)10-13-12-8(17-10)2-1-3-9(14)15/h4-5H,1-3H2,(H,14,15). The van der Waals surface area contributed by atoms with Crippen LogP contribution in [0.25, 0.3) is 11.7 Å². The molecule has 6 nitrogen and oxygen atoms in total. The third kappa shape index (κ3) is 3.16. The lowest BCUT2D eigenvalue weighted by Crippen LogP contribution is -1.95. The minimum Gasteiger partial charge on any atom is -0.481 e. The molecule has 2 rings (SSSR count). The maximum Gasteiger partial charge on any atom is 0.303 e. The van der Waals surface area contributed by atoms with E-state index in [0.29, 0.717) is 35.1 Å². The summed E-state index contributed by atoms with van der Waals surface area (Å²) < 4.78 is 11.2. The molecule has 0 fully saturated rings. The molecule has 2 aromatic rings. The lowest BCUT2D eigenvalue weighted by molar-refractivity contribution is -0.137. The molecule has 0 unspecified atom stereocenters. The smallest absolute Gasteiger partial charge is 0.303 e. The van der Waals surface area contributed by atoms with E-state index in [0.717, 1.165) is 0 Å². The molecule has 2 aromatic heterocycles. The summed E-state index contributed by atoms with van der Waals surface area (Å²) in [6, 6.07) is 3.43. The number of carboxylic acid groups (broad SMARTS) is 1. The third-order valence-corrected chi connectivity index (χ3v) is 2.46. The second-order valence-corrected chi connectivity index (χ2v) is 4.13. The van der Waals surface area contributed by atoms with Crippen LogP contribution in [0.5, 0.6) is 0 Å². The molecular formula is C10H9BrN2O4. The highest BCUT2D eigenvalue weighted by Crippen LogP contribution is 2.23. The molecule has 0 saturated heterocycles. The molecule has 0 saturated carbocycles. The van der Waals surface area contributed by atoms with Gasteiger partial charge in [0.2, 0.25) is 5.89 Å². The van der Waals surface area contributed by atoms with Crippen LogP contribution in [0.2, 0.25) is 0 Å². The fraction of sp³-hybridized carbons (Fsp3) is 0.300. The van der Waals surface area contributed by atoms with E-state index >= 15 is 0 Å². The SMILES string of the molecule is O=C(O)CCCc1nnc(-c2ccc(Br)o2)o1. The molecule has 0 radical (unpaired) electrons. The van der Waals surface area contributed by atoms with Crippen molar-refractivity contribution in [1.82, 2.24) is 10.2 Å². The van der Waals surface area contributed by atoms with Gasteiger partial charge in [0.05, 0.1) is 0 Å². The highest BCUT2D eigenvalue weighted by atomic mass is 79.9. The van der Waals surface area contributed by atoms with Crippen LogP contribution < -0.4 is 0 Å². The van der Waals surface area contributed by atoms with Crippen molar-refractivity contribution in [2.75, 3.05) is 0 Å². The molecule has 90 valence electrons. The highest BCUT2D eigenvalue weighted by Gasteiger charge is 2.12. The molecule has 0 aromatic carbocycles. The topological polar surface area (TPSA) is 89.4 Å². The van der Waals surface area contributed by atoms with Crippen LogP contribution >= 0.6 is 15.9 Å². The summed E-state index contributed by atoms with van der Waals surface area (Å²) in [5.74, 6) is 0.350. The molecule has 0 aliphatic heterocycles. The van der Waals surface area contributed by atoms with Crippen LogP contribution in [0.4, 0.5) is 0 Å². The number of aliphatic carboxylic acids is 1. The molecule has 1 N–H and O–H groups in total. The Kier molecular flexibility index (Phi) is 3.58. The Hall–Kier alpha value is -1.63. The average molecular weight is 301 g/mol. The first-order valence-electron chi connectivity index (χ1n) is 4.95. The predicted molar refractivity (Wildman–Crippen MR) is 60.3 cm³/mol. The van der Waals surface area contributed by atoms with E-state index in [2.05, 4.69) is 26.1 Å². The molecule has 7 heteroatoms. The van der Waals surface area contributed by atoms with E-state index in [4.69, 9.17) is 13.9 Å². The number of furan rings is 1. The number of carboxylic acids is 1. The number of rotatable bonds is 5. The molecule has 0 aliphatic rings. The lowest BCUT2D eigenvalue weighted by Gasteiger charge is -1.91. The minimum atomic E-state index is -0.834. The van der Waals surface area contributed by atoms with Crippen LogP contribution in [0, 0.1) is 0 Å². The van der Waals surface area contributed by atoms with Gasteiger partial charge in [-0.25, -0.2) is 0 Å². The van der Waals surface area contributed by atoms with Crippen LogP contribution in [0.1, 0.15) is 18.7 Å². The van der Waals surface area contributed by atoms with E-state index in [-0.39, 0.29) is 6.42 Å². The first kappa shape index (κ1) is 11.8. The largest absolute Gasteiger partial charge is 0.481 e. The van der Waals surface area contributed by atoms with Crippen molar-refractivity contribution in [1.29, 1.82) is 0 Å². The predicted octanol–water partition coefficient (Wildman–Crippen LogP) is 2.50. The number of aryl methyl sites for hydroxylation is 1. The number of hydrogen-bond donors (Lipinski definition) is 1. The van der Waals surface area contributed by atoms with Crippen molar-refractivity contribution in [2.24, 2.45) is 0 Å². The summed E-state index contributed by atoms with van der Waals surface area (Å²) in [4.78, 5) is 10.3. The molecule has 0 atom stereocenters. The van der Waals surface area contributed by atoms with Crippen molar-refractivity contribution in [3.8, 4) is 11.7 Å². The second-order valence-electron chi connectivity index (χ2n) is 3.35. The van der Waals surface area contributed by atoms with E-state index in [9.17, 15) is 4.79 Å². The minimum absolute atomic E-state index is 0.0873. The Labute approximate surface area is 105 Å². The van der Waals surface area contributed by atoms with E-state index < -0.39 is 5.97 Å². The molecule has 0 aliphatic carbocycles. The second kappa shape index (κ2) is 5.13. The Morgan fingerprint density at radius 3 is 2.82 bits per heavy atom. The fourth-order valence-corrected chi connectivity index (χ4v) is 1.58. The Morgan fingerprint density at radius 2 is 2.18 bits per heavy atom. The zero-order chi connectivity index (χ0) is 12.3. The summed E-state index contributed by atoms with van der Waals surface area (Å²) in [5.41, 5.74) is 0. The summed E-state index contributed by atoms with van der Waals surface area (Å²) >= 11 is 3.17. The van der Waals surface area contributed by atoms with Gasteiger partial charge in [-0.3, -0.25) is 4.79 Å². The average Bonchev–Trinajstić information content (AvgIpc) is 2.86. The summed E-state index contributed by atoms with van der Waals surface area (Å²) in [7, 11) is 0. The molecular weight excluding hydrogens is 292 g/mol. The molecule has 0 bridgehead atoms. The normalized spacial score (nSPS) is 10.6. The molecule has 0 spiro atoms. The lowest BCUT2D eigenvalue weighted by atomic mass is 10.2. The summed E-state index contributed by atoms with van der Waals surface area (Å²) in [6.07, 6.45) is 1.00. The van der Waals surface area contributed by atoms with Gasteiger partial charge in [-0.2, -0.15) is 0 Å². The van der Waals surface area contributed by atoms with E-state index in [1.54, 1.807) is 12.1 Å². The maximum absolute atomic E-state index is 10.3. The van der Waals surface area contributed by atoms with Gasteiger partial charge in [0.1, 0.15) is 0 Å². The van der Waals surface area contributed by atoms with Crippen molar-refractivity contribution < 1.29 is 18.7 Å². The van der Waals surface area contributed by atoms with E-state index in [1.165, 1.54) is 0 Å². The quantitative estimate of drug-likeness (QED) is 0.912. The van der Waals surface area contributed by atoms with Crippen molar-refractivity contribution in [3.05, 3.63) is 22.7 Å². The Bertz CT molecular complexity index is 520. The van der Waals surface area contributed by atoms with Gasteiger partial charge in [-0.15, -0.1) is 10.2 Å². The Morgan fingerprint density at radius 1 is 1.35 bits per heavy atom. The zero-order valence-electron chi connectivity index (χ0n) is 8.72.